The van der Waals surface area contributed by atoms with Crippen molar-refractivity contribution in [2.75, 3.05) is 46.0 Å². The van der Waals surface area contributed by atoms with Crippen LogP contribution in [0.5, 0.6) is 5.75 Å². The van der Waals surface area contributed by atoms with Crippen molar-refractivity contribution in [2.24, 2.45) is 0 Å². The summed E-state index contributed by atoms with van der Waals surface area (Å²) in [5.41, 5.74) is 2.57. The summed E-state index contributed by atoms with van der Waals surface area (Å²) in [5.74, 6) is 0.964. The van der Waals surface area contributed by atoms with E-state index < -0.39 is 0 Å². The van der Waals surface area contributed by atoms with E-state index in [-0.39, 0.29) is 5.54 Å². The molecule has 3 rings (SSSR count). The lowest BCUT2D eigenvalue weighted by atomic mass is 10.0. The predicted molar refractivity (Wildman–Crippen MR) is 97.0 cm³/mol. The molecule has 2 heterocycles. The molecule has 5 heteroatoms. The minimum Gasteiger partial charge on any atom is -0.489 e. The van der Waals surface area contributed by atoms with Crippen molar-refractivity contribution >= 4 is 22.0 Å². The molecular formula is C18H25BrN2O2. The first-order chi connectivity index (χ1) is 11.0. The van der Waals surface area contributed by atoms with Crippen molar-refractivity contribution in [1.82, 2.24) is 10.2 Å². The molecule has 0 bridgehead atoms. The first-order valence-corrected chi connectivity index (χ1v) is 8.99. The third-order valence-corrected chi connectivity index (χ3v) is 5.01. The molecule has 2 aliphatic rings. The summed E-state index contributed by atoms with van der Waals surface area (Å²) in [6.07, 6.45) is 2.23. The lowest BCUT2D eigenvalue weighted by Gasteiger charge is -2.41. The van der Waals surface area contributed by atoms with Gasteiger partial charge in [0.2, 0.25) is 0 Å². The van der Waals surface area contributed by atoms with E-state index in [1.807, 2.05) is 12.1 Å². The average Bonchev–Trinajstić information content (AvgIpc) is 2.55. The summed E-state index contributed by atoms with van der Waals surface area (Å²) in [6.45, 7) is 10.8. The van der Waals surface area contributed by atoms with E-state index in [9.17, 15) is 0 Å². The Morgan fingerprint density at radius 1 is 1.26 bits per heavy atom. The molecule has 0 aliphatic carbocycles. The van der Waals surface area contributed by atoms with Crippen LogP contribution >= 0.6 is 15.9 Å². The first-order valence-electron chi connectivity index (χ1n) is 8.20. The lowest BCUT2D eigenvalue weighted by molar-refractivity contribution is -0.00937. The van der Waals surface area contributed by atoms with E-state index in [0.717, 1.165) is 55.2 Å². The number of halogens is 1. The molecule has 0 saturated carbocycles. The molecular weight excluding hydrogens is 356 g/mol. The van der Waals surface area contributed by atoms with Crippen LogP contribution in [0.1, 0.15) is 19.4 Å². The lowest BCUT2D eigenvalue weighted by Crippen LogP contribution is -2.54. The van der Waals surface area contributed by atoms with Gasteiger partial charge in [-0.1, -0.05) is 15.9 Å². The molecule has 1 aromatic carbocycles. The van der Waals surface area contributed by atoms with Crippen LogP contribution < -0.4 is 10.1 Å². The van der Waals surface area contributed by atoms with Gasteiger partial charge >= 0.3 is 0 Å². The van der Waals surface area contributed by atoms with Gasteiger partial charge in [0, 0.05) is 41.8 Å². The van der Waals surface area contributed by atoms with Crippen LogP contribution in [0.25, 0.3) is 6.08 Å². The van der Waals surface area contributed by atoms with Gasteiger partial charge in [-0.15, -0.1) is 0 Å². The molecule has 0 unspecified atom stereocenters. The number of hydrogen-bond donors (Lipinski definition) is 1. The Labute approximate surface area is 147 Å². The molecule has 0 amide bonds. The van der Waals surface area contributed by atoms with Gasteiger partial charge in [-0.05, 0) is 43.7 Å². The van der Waals surface area contributed by atoms with Gasteiger partial charge < -0.3 is 14.8 Å². The van der Waals surface area contributed by atoms with Crippen molar-refractivity contribution in [1.29, 1.82) is 0 Å². The van der Waals surface area contributed by atoms with Gasteiger partial charge in [-0.2, -0.15) is 0 Å². The minimum atomic E-state index is 0.140. The van der Waals surface area contributed by atoms with Crippen LogP contribution in [0.4, 0.5) is 0 Å². The summed E-state index contributed by atoms with van der Waals surface area (Å²) in [4.78, 5) is 2.50. The Morgan fingerprint density at radius 3 is 2.83 bits per heavy atom. The number of nitrogens with zero attached hydrogens (tertiary/aromatic N) is 1. The Bertz CT molecular complexity index is 580. The molecule has 0 aromatic heterocycles. The van der Waals surface area contributed by atoms with Crippen molar-refractivity contribution in [3.8, 4) is 5.75 Å². The standard InChI is InChI=1S/C18H25BrN2O2/c1-18(2,21-5-7-22-8-6-21)13-20-11-14-9-15-10-16(19)3-4-17(15)23-12-14/h3-4,9-10,20H,5-8,11-13H2,1-2H3. The Kier molecular flexibility index (Phi) is 5.42. The molecule has 4 nitrogen and oxygen atoms in total. The second-order valence-corrected chi connectivity index (χ2v) is 7.70. The van der Waals surface area contributed by atoms with Crippen molar-refractivity contribution in [3.05, 3.63) is 33.8 Å². The third-order valence-electron chi connectivity index (χ3n) is 4.52. The van der Waals surface area contributed by atoms with E-state index >= 15 is 0 Å². The van der Waals surface area contributed by atoms with E-state index in [2.05, 4.69) is 52.1 Å². The summed E-state index contributed by atoms with van der Waals surface area (Å²) in [6, 6.07) is 6.13. The number of ether oxygens (including phenoxy) is 2. The highest BCUT2D eigenvalue weighted by Crippen LogP contribution is 2.29. The summed E-state index contributed by atoms with van der Waals surface area (Å²) >= 11 is 3.52. The topological polar surface area (TPSA) is 33.7 Å². The molecule has 0 spiro atoms. The Balaban J connectivity index is 1.54. The van der Waals surface area contributed by atoms with Gasteiger partial charge in [0.1, 0.15) is 12.4 Å². The minimum absolute atomic E-state index is 0.140. The molecule has 1 fully saturated rings. The zero-order chi connectivity index (χ0) is 16.3. The second-order valence-electron chi connectivity index (χ2n) is 6.79. The highest BCUT2D eigenvalue weighted by Gasteiger charge is 2.27. The smallest absolute Gasteiger partial charge is 0.127 e. The fourth-order valence-corrected chi connectivity index (χ4v) is 3.49. The number of rotatable bonds is 5. The van der Waals surface area contributed by atoms with Gasteiger partial charge in [-0.25, -0.2) is 0 Å². The highest BCUT2D eigenvalue weighted by atomic mass is 79.9. The van der Waals surface area contributed by atoms with Crippen LogP contribution in [0.3, 0.4) is 0 Å². The van der Waals surface area contributed by atoms with Crippen LogP contribution in [-0.4, -0.2) is 56.4 Å². The van der Waals surface area contributed by atoms with E-state index in [1.54, 1.807) is 0 Å². The molecule has 0 radical (unpaired) electrons. The zero-order valence-corrected chi connectivity index (χ0v) is 15.5. The maximum absolute atomic E-state index is 5.83. The largest absolute Gasteiger partial charge is 0.489 e. The molecule has 2 aliphatic heterocycles. The van der Waals surface area contributed by atoms with Crippen LogP contribution in [0.2, 0.25) is 0 Å². The molecule has 0 atom stereocenters. The number of morpholine rings is 1. The quantitative estimate of drug-likeness (QED) is 0.851. The SMILES string of the molecule is CC(C)(CNCC1=Cc2cc(Br)ccc2OC1)N1CCOCC1. The highest BCUT2D eigenvalue weighted by molar-refractivity contribution is 9.10. The van der Waals surface area contributed by atoms with Crippen molar-refractivity contribution in [3.63, 3.8) is 0 Å². The van der Waals surface area contributed by atoms with Crippen LogP contribution in [-0.2, 0) is 4.74 Å². The maximum Gasteiger partial charge on any atom is 0.127 e. The molecule has 23 heavy (non-hydrogen) atoms. The first kappa shape index (κ1) is 17.0. The molecule has 1 aromatic rings. The second kappa shape index (κ2) is 7.34. The predicted octanol–water partition coefficient (Wildman–Crippen LogP) is 2.93. The van der Waals surface area contributed by atoms with E-state index in [0.29, 0.717) is 6.61 Å². The van der Waals surface area contributed by atoms with Crippen LogP contribution in [0, 0.1) is 0 Å². The maximum atomic E-state index is 5.83. The molecule has 126 valence electrons. The molecule has 1 N–H and O–H groups in total. The normalized spacial score (nSPS) is 19.0. The third kappa shape index (κ3) is 4.35. The zero-order valence-electron chi connectivity index (χ0n) is 13.9. The van der Waals surface area contributed by atoms with Crippen molar-refractivity contribution < 1.29 is 9.47 Å². The average molecular weight is 381 g/mol. The fourth-order valence-electron chi connectivity index (χ4n) is 3.11. The van der Waals surface area contributed by atoms with Crippen LogP contribution in [0.15, 0.2) is 28.2 Å². The Hall–Kier alpha value is -0.880. The summed E-state index contributed by atoms with van der Waals surface area (Å²) < 4.78 is 12.4. The summed E-state index contributed by atoms with van der Waals surface area (Å²) in [7, 11) is 0. The Morgan fingerprint density at radius 2 is 2.04 bits per heavy atom. The van der Waals surface area contributed by atoms with Crippen molar-refractivity contribution in [2.45, 2.75) is 19.4 Å². The number of nitrogens with one attached hydrogen (secondary N) is 1. The number of hydrogen-bond acceptors (Lipinski definition) is 4. The van der Waals surface area contributed by atoms with Gasteiger partial charge in [0.05, 0.1) is 13.2 Å². The number of fused-ring (bicyclic) bond motifs is 1. The van der Waals surface area contributed by atoms with E-state index in [4.69, 9.17) is 9.47 Å². The monoisotopic (exact) mass is 380 g/mol. The van der Waals surface area contributed by atoms with Gasteiger partial charge in [0.15, 0.2) is 0 Å². The fraction of sp³-hybridized carbons (Fsp3) is 0.556. The number of benzene rings is 1. The molecule has 1 saturated heterocycles. The van der Waals surface area contributed by atoms with Gasteiger partial charge in [-0.3, -0.25) is 4.90 Å². The van der Waals surface area contributed by atoms with E-state index in [1.165, 1.54) is 5.57 Å². The summed E-state index contributed by atoms with van der Waals surface area (Å²) in [5, 5.41) is 3.60. The van der Waals surface area contributed by atoms with Gasteiger partial charge in [0.25, 0.3) is 0 Å².